The van der Waals surface area contributed by atoms with Crippen LogP contribution in [-0.4, -0.2) is 29.4 Å². The van der Waals surface area contributed by atoms with Crippen molar-refractivity contribution in [3.05, 3.63) is 63.4 Å². The fourth-order valence-electron chi connectivity index (χ4n) is 3.50. The Labute approximate surface area is 167 Å². The molecule has 1 amide bonds. The van der Waals surface area contributed by atoms with Gasteiger partial charge in [-0.3, -0.25) is 4.79 Å². The van der Waals surface area contributed by atoms with Crippen LogP contribution in [0.3, 0.4) is 0 Å². The topological polar surface area (TPSA) is 56.1 Å². The summed E-state index contributed by atoms with van der Waals surface area (Å²) in [5, 5.41) is 12.7. The molecule has 1 fully saturated rings. The van der Waals surface area contributed by atoms with E-state index in [4.69, 9.17) is 28.5 Å². The zero-order chi connectivity index (χ0) is 19.6. The quantitative estimate of drug-likeness (QED) is 0.787. The molecule has 1 heterocycles. The fourth-order valence-corrected chi connectivity index (χ4v) is 3.91. The van der Waals surface area contributed by atoms with E-state index in [1.807, 2.05) is 13.0 Å². The van der Waals surface area contributed by atoms with E-state index >= 15 is 0 Å². The van der Waals surface area contributed by atoms with Crippen LogP contribution < -0.4 is 5.32 Å². The molecule has 2 aromatic rings. The number of likely N-dealkylation sites (tertiary alicyclic amines) is 1. The second kappa shape index (κ2) is 8.16. The maximum absolute atomic E-state index is 14.4. The summed E-state index contributed by atoms with van der Waals surface area (Å²) >= 11 is 12.0. The number of hydrogen-bond acceptors (Lipinski definition) is 3. The largest absolute Gasteiger partial charge is 0.380 e. The van der Waals surface area contributed by atoms with Gasteiger partial charge in [0.1, 0.15) is 11.9 Å². The number of carbonyl (C=O) groups excluding carboxylic acids is 1. The van der Waals surface area contributed by atoms with Crippen molar-refractivity contribution in [3.63, 3.8) is 0 Å². The van der Waals surface area contributed by atoms with Gasteiger partial charge < -0.3 is 10.2 Å². The number of amides is 1. The standard InChI is InChI=1S/C20H18Cl2FN3O/c1-2-26-18(8-12-4-3-5-15(21)20(12)23)17(10-19(26)27)25-14-7-6-13(11-24)16(22)9-14/h3-7,9,17-18,25H,2,8,10H2,1H3/t17-,18?/m0/s1. The van der Waals surface area contributed by atoms with E-state index in [-0.39, 0.29) is 23.0 Å². The number of nitrogens with zero attached hydrogens (tertiary/aromatic N) is 2. The van der Waals surface area contributed by atoms with Crippen molar-refractivity contribution in [2.75, 3.05) is 11.9 Å². The van der Waals surface area contributed by atoms with E-state index in [2.05, 4.69) is 5.32 Å². The predicted octanol–water partition coefficient (Wildman–Crippen LogP) is 4.65. The van der Waals surface area contributed by atoms with Crippen LogP contribution in [0, 0.1) is 17.1 Å². The Morgan fingerprint density at radius 3 is 2.74 bits per heavy atom. The zero-order valence-corrected chi connectivity index (χ0v) is 16.2. The fraction of sp³-hybridized carbons (Fsp3) is 0.300. The second-order valence-electron chi connectivity index (χ2n) is 6.43. The molecule has 0 aromatic heterocycles. The number of rotatable bonds is 5. The Balaban J connectivity index is 1.86. The SMILES string of the molecule is CCN1C(=O)C[C@H](Nc2ccc(C#N)c(Cl)c2)C1Cc1cccc(Cl)c1F. The monoisotopic (exact) mass is 405 g/mol. The molecule has 1 unspecified atom stereocenters. The summed E-state index contributed by atoms with van der Waals surface area (Å²) in [6.45, 7) is 2.44. The average Bonchev–Trinajstić information content (AvgIpc) is 2.93. The van der Waals surface area contributed by atoms with Crippen LogP contribution in [-0.2, 0) is 11.2 Å². The number of nitrogens with one attached hydrogen (secondary N) is 1. The van der Waals surface area contributed by atoms with Gasteiger partial charge in [-0.25, -0.2) is 4.39 Å². The van der Waals surface area contributed by atoms with E-state index in [0.29, 0.717) is 41.2 Å². The van der Waals surface area contributed by atoms with E-state index in [1.54, 1.807) is 35.2 Å². The van der Waals surface area contributed by atoms with Crippen LogP contribution in [0.25, 0.3) is 0 Å². The molecule has 0 radical (unpaired) electrons. The van der Waals surface area contributed by atoms with Crippen molar-refractivity contribution in [1.82, 2.24) is 4.90 Å². The molecule has 2 aromatic carbocycles. The molecule has 1 aliphatic rings. The molecule has 0 spiro atoms. The van der Waals surface area contributed by atoms with Gasteiger partial charge in [0.25, 0.3) is 0 Å². The summed E-state index contributed by atoms with van der Waals surface area (Å²) in [4.78, 5) is 14.2. The van der Waals surface area contributed by atoms with Crippen LogP contribution >= 0.6 is 23.2 Å². The Hall–Kier alpha value is -2.29. The van der Waals surface area contributed by atoms with E-state index in [1.165, 1.54) is 6.07 Å². The highest BCUT2D eigenvalue weighted by atomic mass is 35.5. The first kappa shape index (κ1) is 19.5. The zero-order valence-electron chi connectivity index (χ0n) is 14.7. The Morgan fingerprint density at radius 1 is 1.30 bits per heavy atom. The molecule has 4 nitrogen and oxygen atoms in total. The summed E-state index contributed by atoms with van der Waals surface area (Å²) in [6, 6.07) is 11.5. The van der Waals surface area contributed by atoms with Gasteiger partial charge in [0.2, 0.25) is 5.91 Å². The third-order valence-electron chi connectivity index (χ3n) is 4.82. The summed E-state index contributed by atoms with van der Waals surface area (Å²) < 4.78 is 14.4. The molecule has 3 rings (SSSR count). The van der Waals surface area contributed by atoms with Gasteiger partial charge >= 0.3 is 0 Å². The average molecular weight is 406 g/mol. The highest BCUT2D eigenvalue weighted by Gasteiger charge is 2.39. The van der Waals surface area contributed by atoms with Crippen LogP contribution in [0.4, 0.5) is 10.1 Å². The minimum Gasteiger partial charge on any atom is -0.380 e. The van der Waals surface area contributed by atoms with Crippen molar-refractivity contribution in [2.45, 2.75) is 31.8 Å². The minimum atomic E-state index is -0.449. The number of anilines is 1. The molecule has 2 atom stereocenters. The van der Waals surface area contributed by atoms with Gasteiger partial charge in [-0.1, -0.05) is 35.3 Å². The predicted molar refractivity (Wildman–Crippen MR) is 104 cm³/mol. The van der Waals surface area contributed by atoms with Crippen molar-refractivity contribution in [2.24, 2.45) is 0 Å². The van der Waals surface area contributed by atoms with Gasteiger partial charge in [0.15, 0.2) is 0 Å². The summed E-state index contributed by atoms with van der Waals surface area (Å²) in [5.74, 6) is -0.433. The van der Waals surface area contributed by atoms with Gasteiger partial charge in [-0.15, -0.1) is 0 Å². The number of carbonyl (C=O) groups is 1. The van der Waals surface area contributed by atoms with Crippen molar-refractivity contribution >= 4 is 34.8 Å². The molecule has 1 saturated heterocycles. The molecule has 0 saturated carbocycles. The summed E-state index contributed by atoms with van der Waals surface area (Å²) in [6.07, 6.45) is 0.659. The van der Waals surface area contributed by atoms with Gasteiger partial charge in [-0.05, 0) is 43.2 Å². The molecule has 0 aliphatic carbocycles. The number of nitriles is 1. The first-order valence-corrected chi connectivity index (χ1v) is 9.38. The van der Waals surface area contributed by atoms with Crippen LogP contribution in [0.1, 0.15) is 24.5 Å². The third-order valence-corrected chi connectivity index (χ3v) is 5.43. The first-order valence-electron chi connectivity index (χ1n) is 8.63. The Kier molecular flexibility index (Phi) is 5.88. The van der Waals surface area contributed by atoms with Crippen LogP contribution in [0.2, 0.25) is 10.0 Å². The number of benzene rings is 2. The Bertz CT molecular complexity index is 913. The number of hydrogen-bond donors (Lipinski definition) is 1. The number of likely N-dealkylation sites (N-methyl/N-ethyl adjacent to an activating group) is 1. The van der Waals surface area contributed by atoms with Crippen molar-refractivity contribution < 1.29 is 9.18 Å². The third kappa shape index (κ3) is 4.02. The minimum absolute atomic E-state index is 0.0159. The molecule has 0 bridgehead atoms. The van der Waals surface area contributed by atoms with Gasteiger partial charge in [0.05, 0.1) is 27.7 Å². The van der Waals surface area contributed by atoms with E-state index < -0.39 is 5.82 Å². The van der Waals surface area contributed by atoms with Gasteiger partial charge in [0, 0.05) is 18.7 Å². The lowest BCUT2D eigenvalue weighted by molar-refractivity contribution is -0.128. The van der Waals surface area contributed by atoms with E-state index in [9.17, 15) is 9.18 Å². The normalized spacial score (nSPS) is 19.2. The maximum Gasteiger partial charge on any atom is 0.225 e. The lowest BCUT2D eigenvalue weighted by atomic mass is 9.99. The van der Waals surface area contributed by atoms with Crippen molar-refractivity contribution in [3.8, 4) is 6.07 Å². The Morgan fingerprint density at radius 2 is 2.07 bits per heavy atom. The van der Waals surface area contributed by atoms with Crippen molar-refractivity contribution in [1.29, 1.82) is 5.26 Å². The summed E-state index contributed by atoms with van der Waals surface area (Å²) in [7, 11) is 0. The second-order valence-corrected chi connectivity index (χ2v) is 7.24. The number of halogens is 3. The summed E-state index contributed by atoms with van der Waals surface area (Å²) in [5.41, 5.74) is 1.58. The maximum atomic E-state index is 14.4. The molecule has 1 aliphatic heterocycles. The molecule has 7 heteroatoms. The smallest absolute Gasteiger partial charge is 0.225 e. The highest BCUT2D eigenvalue weighted by Crippen LogP contribution is 2.29. The van der Waals surface area contributed by atoms with Crippen LogP contribution in [0.5, 0.6) is 0 Å². The highest BCUT2D eigenvalue weighted by molar-refractivity contribution is 6.32. The van der Waals surface area contributed by atoms with Gasteiger partial charge in [-0.2, -0.15) is 5.26 Å². The molecular weight excluding hydrogens is 388 g/mol. The first-order chi connectivity index (χ1) is 12.9. The molecule has 140 valence electrons. The lowest BCUT2D eigenvalue weighted by Gasteiger charge is -2.28. The van der Waals surface area contributed by atoms with Crippen LogP contribution in [0.15, 0.2) is 36.4 Å². The van der Waals surface area contributed by atoms with E-state index in [0.717, 1.165) is 0 Å². The molecule has 1 N–H and O–H groups in total. The molecule has 27 heavy (non-hydrogen) atoms. The lowest BCUT2D eigenvalue weighted by Crippen LogP contribution is -2.41. The molecular formula is C20H18Cl2FN3O.